The molecule has 0 N–H and O–H groups in total. The maximum atomic E-state index is 11.6. The van der Waals surface area contributed by atoms with Gasteiger partial charge in [0.25, 0.3) is 0 Å². The molecule has 0 aromatic heterocycles. The Hall–Kier alpha value is -1.61. The van der Waals surface area contributed by atoms with Gasteiger partial charge in [0.1, 0.15) is 0 Å². The number of aryl methyl sites for hydroxylation is 1. The highest BCUT2D eigenvalue weighted by Gasteiger charge is 2.35. The third-order valence-corrected chi connectivity index (χ3v) is 10.4. The van der Waals surface area contributed by atoms with E-state index in [1.54, 1.807) is 4.90 Å². The van der Waals surface area contributed by atoms with E-state index in [-0.39, 0.29) is 5.91 Å². The third-order valence-electron chi connectivity index (χ3n) is 10.4. The van der Waals surface area contributed by atoms with Crippen LogP contribution in [0.5, 0.6) is 0 Å². The number of benzene rings is 1. The number of likely N-dealkylation sites (N-methyl/N-ethyl adjacent to an activating group) is 1. The number of unbranched alkanes of at least 4 members (excludes halogenated alkanes) is 2. The molecule has 1 aliphatic heterocycles. The summed E-state index contributed by atoms with van der Waals surface area (Å²) in [6, 6.07) is 9.33. The molecule has 1 heterocycles. The lowest BCUT2D eigenvalue weighted by atomic mass is 9.71. The number of carbonyl (C=O) groups is 1. The van der Waals surface area contributed by atoms with E-state index in [0.717, 1.165) is 49.7 Å². The predicted molar refractivity (Wildman–Crippen MR) is 159 cm³/mol. The highest BCUT2D eigenvalue weighted by atomic mass is 16.5. The van der Waals surface area contributed by atoms with Crippen molar-refractivity contribution in [3.8, 4) is 0 Å². The summed E-state index contributed by atoms with van der Waals surface area (Å²) in [6.07, 6.45) is 23.5. The molecule has 3 fully saturated rings. The second-order valence-corrected chi connectivity index (χ2v) is 12.9. The lowest BCUT2D eigenvalue weighted by molar-refractivity contribution is -0.124. The Morgan fingerprint density at radius 1 is 0.895 bits per heavy atom. The van der Waals surface area contributed by atoms with Gasteiger partial charge in [-0.3, -0.25) is 4.79 Å². The topological polar surface area (TPSA) is 29.5 Å². The van der Waals surface area contributed by atoms with Crippen LogP contribution < -0.4 is 0 Å². The molecular formula is C35H55NO2. The number of carbonyl (C=O) groups excluding carboxylic acids is 1. The van der Waals surface area contributed by atoms with Crippen molar-refractivity contribution < 1.29 is 9.53 Å². The minimum Gasteiger partial charge on any atom is -0.378 e. The van der Waals surface area contributed by atoms with Crippen molar-refractivity contribution >= 4 is 5.91 Å². The van der Waals surface area contributed by atoms with Crippen LogP contribution in [0, 0.1) is 23.7 Å². The van der Waals surface area contributed by atoms with Crippen LogP contribution in [0.3, 0.4) is 0 Å². The lowest BCUT2D eigenvalue weighted by Crippen LogP contribution is -2.37. The zero-order valence-corrected chi connectivity index (χ0v) is 24.5. The summed E-state index contributed by atoms with van der Waals surface area (Å²) in [5.41, 5.74) is 2.89. The molecule has 3 nitrogen and oxygen atoms in total. The van der Waals surface area contributed by atoms with Gasteiger partial charge in [0.05, 0.1) is 12.7 Å². The maximum absolute atomic E-state index is 11.6. The zero-order valence-electron chi connectivity index (χ0n) is 24.5. The molecule has 1 saturated heterocycles. The molecule has 2 unspecified atom stereocenters. The molecule has 0 bridgehead atoms. The minimum atomic E-state index is 0.00445. The summed E-state index contributed by atoms with van der Waals surface area (Å²) in [5, 5.41) is 0. The smallest absolute Gasteiger partial charge is 0.245 e. The zero-order chi connectivity index (χ0) is 26.7. The van der Waals surface area contributed by atoms with Gasteiger partial charge in [0, 0.05) is 13.6 Å². The van der Waals surface area contributed by atoms with Crippen molar-refractivity contribution in [1.29, 1.82) is 0 Å². The highest BCUT2D eigenvalue weighted by Crippen LogP contribution is 2.43. The van der Waals surface area contributed by atoms with Gasteiger partial charge in [-0.1, -0.05) is 76.3 Å². The number of nitrogens with zero attached hydrogens (tertiary/aromatic N) is 1. The fraction of sp³-hybridized carbons (Fsp3) is 0.743. The van der Waals surface area contributed by atoms with Gasteiger partial charge < -0.3 is 9.64 Å². The minimum absolute atomic E-state index is 0.00445. The fourth-order valence-electron chi connectivity index (χ4n) is 7.73. The van der Waals surface area contributed by atoms with Crippen LogP contribution in [-0.2, 0) is 16.0 Å². The Kier molecular flexibility index (Phi) is 11.8. The van der Waals surface area contributed by atoms with Crippen molar-refractivity contribution in [3.63, 3.8) is 0 Å². The second-order valence-electron chi connectivity index (χ2n) is 12.9. The second kappa shape index (κ2) is 15.2. The van der Waals surface area contributed by atoms with E-state index in [9.17, 15) is 4.79 Å². The van der Waals surface area contributed by atoms with Crippen LogP contribution >= 0.6 is 0 Å². The number of ether oxygens (including phenoxy) is 1. The van der Waals surface area contributed by atoms with Crippen LogP contribution in [0.25, 0.3) is 0 Å². The molecule has 2 aliphatic carbocycles. The SMILES string of the molecule is C=CC(=O)N(C)CCCc1ccc(C2CCC(C3CCC(C4CCC(CCCCC)CC4)CO3)CC2)cc1. The first-order valence-corrected chi connectivity index (χ1v) is 16.1. The summed E-state index contributed by atoms with van der Waals surface area (Å²) in [5.74, 6) is 4.28. The summed E-state index contributed by atoms with van der Waals surface area (Å²) in [7, 11) is 1.85. The van der Waals surface area contributed by atoms with Gasteiger partial charge in [-0.05, 0) is 111 Å². The largest absolute Gasteiger partial charge is 0.378 e. The molecule has 1 aromatic rings. The number of hydrogen-bond acceptors (Lipinski definition) is 2. The van der Waals surface area contributed by atoms with Crippen molar-refractivity contribution in [1.82, 2.24) is 4.90 Å². The summed E-state index contributed by atoms with van der Waals surface area (Å²) in [6.45, 7) is 7.70. The van der Waals surface area contributed by atoms with Crippen molar-refractivity contribution in [2.75, 3.05) is 20.2 Å². The Morgan fingerprint density at radius 3 is 2.21 bits per heavy atom. The van der Waals surface area contributed by atoms with E-state index in [1.807, 2.05) is 7.05 Å². The van der Waals surface area contributed by atoms with Crippen molar-refractivity contribution in [2.24, 2.45) is 23.7 Å². The van der Waals surface area contributed by atoms with Gasteiger partial charge >= 0.3 is 0 Å². The molecule has 38 heavy (non-hydrogen) atoms. The Morgan fingerprint density at radius 2 is 1.58 bits per heavy atom. The molecule has 0 spiro atoms. The highest BCUT2D eigenvalue weighted by molar-refractivity contribution is 5.86. The number of amides is 1. The van der Waals surface area contributed by atoms with E-state index in [2.05, 4.69) is 37.8 Å². The van der Waals surface area contributed by atoms with E-state index in [0.29, 0.717) is 12.0 Å². The normalized spacial score (nSPS) is 30.1. The van der Waals surface area contributed by atoms with Gasteiger partial charge in [-0.25, -0.2) is 0 Å². The fourth-order valence-corrected chi connectivity index (χ4v) is 7.73. The van der Waals surface area contributed by atoms with Gasteiger partial charge in [0.15, 0.2) is 0 Å². The summed E-state index contributed by atoms with van der Waals surface area (Å²) >= 11 is 0. The molecule has 3 aliphatic rings. The third kappa shape index (κ3) is 8.44. The van der Waals surface area contributed by atoms with E-state index in [1.165, 1.54) is 107 Å². The van der Waals surface area contributed by atoms with E-state index < -0.39 is 0 Å². The van der Waals surface area contributed by atoms with E-state index in [4.69, 9.17) is 4.74 Å². The predicted octanol–water partition coefficient (Wildman–Crippen LogP) is 8.72. The van der Waals surface area contributed by atoms with Gasteiger partial charge in [-0.15, -0.1) is 0 Å². The van der Waals surface area contributed by atoms with Gasteiger partial charge in [-0.2, -0.15) is 0 Å². The molecular weight excluding hydrogens is 466 g/mol. The van der Waals surface area contributed by atoms with Crippen molar-refractivity contribution in [3.05, 3.63) is 48.0 Å². The first-order valence-electron chi connectivity index (χ1n) is 16.1. The molecule has 1 aromatic carbocycles. The Labute approximate surface area is 233 Å². The van der Waals surface area contributed by atoms with Gasteiger partial charge in [0.2, 0.25) is 5.91 Å². The summed E-state index contributed by atoms with van der Waals surface area (Å²) < 4.78 is 6.59. The quantitative estimate of drug-likeness (QED) is 0.203. The standard InChI is InChI=1S/C35H55NO2/c1-4-6-7-9-27-13-17-31(18-14-27)33-23-24-34(38-26-33)32-21-19-30(20-22-32)29-15-11-28(12-16-29)10-8-25-36(3)35(37)5-2/h5,11-12,15-16,27,30-34H,2,4,6-10,13-14,17-26H2,1,3H3. The number of hydrogen-bond donors (Lipinski definition) is 0. The number of rotatable bonds is 12. The van der Waals surface area contributed by atoms with E-state index >= 15 is 0 Å². The van der Waals surface area contributed by atoms with Crippen LogP contribution in [0.15, 0.2) is 36.9 Å². The lowest BCUT2D eigenvalue weighted by Gasteiger charge is -2.41. The van der Waals surface area contributed by atoms with Crippen molar-refractivity contribution in [2.45, 2.75) is 122 Å². The molecule has 2 saturated carbocycles. The average molecular weight is 522 g/mol. The first-order chi connectivity index (χ1) is 18.6. The molecule has 1 amide bonds. The average Bonchev–Trinajstić information content (AvgIpc) is 2.98. The molecule has 2 atom stereocenters. The van der Waals surface area contributed by atoms with Crippen LogP contribution in [-0.4, -0.2) is 37.1 Å². The molecule has 4 rings (SSSR count). The monoisotopic (exact) mass is 521 g/mol. The summed E-state index contributed by atoms with van der Waals surface area (Å²) in [4.78, 5) is 13.4. The molecule has 0 radical (unpaired) electrons. The Balaban J connectivity index is 1.12. The maximum Gasteiger partial charge on any atom is 0.245 e. The van der Waals surface area contributed by atoms with Crippen LogP contribution in [0.1, 0.15) is 120 Å². The van der Waals surface area contributed by atoms with Crippen LogP contribution in [0.2, 0.25) is 0 Å². The molecule has 3 heteroatoms. The Bertz CT molecular complexity index is 824. The van der Waals surface area contributed by atoms with Crippen LogP contribution in [0.4, 0.5) is 0 Å². The first kappa shape index (κ1) is 29.4. The molecule has 212 valence electrons.